The number of allylic oxidation sites excluding steroid dienone is 3. The molecule has 3 aromatic rings. The van der Waals surface area contributed by atoms with Crippen molar-refractivity contribution in [2.24, 2.45) is 0 Å². The predicted octanol–water partition coefficient (Wildman–Crippen LogP) is 7.12. The van der Waals surface area contributed by atoms with E-state index in [1.54, 1.807) is 0 Å². The number of H-pyrrole nitrogens is 1. The monoisotopic (exact) mass is 525 g/mol. The van der Waals surface area contributed by atoms with Crippen LogP contribution in [0, 0.1) is 6.92 Å². The van der Waals surface area contributed by atoms with E-state index in [4.69, 9.17) is 9.47 Å². The van der Waals surface area contributed by atoms with E-state index in [1.165, 1.54) is 40.8 Å². The van der Waals surface area contributed by atoms with Crippen molar-refractivity contribution in [3.63, 3.8) is 0 Å². The third kappa shape index (κ3) is 6.97. The van der Waals surface area contributed by atoms with Crippen LogP contribution >= 0.6 is 0 Å². The summed E-state index contributed by atoms with van der Waals surface area (Å²) in [5, 5.41) is 0. The van der Waals surface area contributed by atoms with Crippen molar-refractivity contribution < 1.29 is 19.1 Å². The van der Waals surface area contributed by atoms with Crippen molar-refractivity contribution in [1.29, 1.82) is 0 Å². The fourth-order valence-corrected chi connectivity index (χ4v) is 5.49. The van der Waals surface area contributed by atoms with E-state index in [-0.39, 0.29) is 25.0 Å². The molecule has 0 saturated heterocycles. The topological polar surface area (TPSA) is 68.4 Å². The van der Waals surface area contributed by atoms with Crippen molar-refractivity contribution in [1.82, 2.24) is 4.98 Å². The third-order valence-corrected chi connectivity index (χ3v) is 7.67. The molecular formula is C34H39NO4. The number of nitrogens with one attached hydrogen (secondary N) is 1. The number of carbonyl (C=O) groups excluding carboxylic acids is 2. The Balaban J connectivity index is 1.59. The van der Waals surface area contributed by atoms with Crippen LogP contribution in [0.4, 0.5) is 0 Å². The highest BCUT2D eigenvalue weighted by molar-refractivity contribution is 5.92. The second kappa shape index (κ2) is 13.3. The highest BCUT2D eigenvalue weighted by atomic mass is 16.5. The van der Waals surface area contributed by atoms with E-state index in [9.17, 15) is 9.59 Å². The molecule has 1 heterocycles. The fourth-order valence-electron chi connectivity index (χ4n) is 5.49. The molecule has 0 atom stereocenters. The van der Waals surface area contributed by atoms with E-state index in [0.29, 0.717) is 24.8 Å². The maximum Gasteiger partial charge on any atom is 0.334 e. The summed E-state index contributed by atoms with van der Waals surface area (Å²) in [5.74, 6) is -0.537. The number of aromatic nitrogens is 1. The highest BCUT2D eigenvalue weighted by Gasteiger charge is 2.28. The van der Waals surface area contributed by atoms with Gasteiger partial charge in [0.15, 0.2) is 0 Å². The summed E-state index contributed by atoms with van der Waals surface area (Å²) in [4.78, 5) is 29.0. The molecule has 0 fully saturated rings. The summed E-state index contributed by atoms with van der Waals surface area (Å²) in [6, 6.07) is 20.2. The summed E-state index contributed by atoms with van der Waals surface area (Å²) in [7, 11) is 1.41. The molecule has 0 saturated carbocycles. The van der Waals surface area contributed by atoms with Gasteiger partial charge in [-0.2, -0.15) is 0 Å². The van der Waals surface area contributed by atoms with Crippen LogP contribution in [0.2, 0.25) is 0 Å². The normalized spacial score (nSPS) is 13.2. The Kier molecular flexibility index (Phi) is 9.59. The number of esters is 2. The lowest BCUT2D eigenvalue weighted by Gasteiger charge is -2.10. The van der Waals surface area contributed by atoms with Gasteiger partial charge in [-0.1, -0.05) is 79.6 Å². The smallest absolute Gasteiger partial charge is 0.334 e. The van der Waals surface area contributed by atoms with Crippen LogP contribution < -0.4 is 0 Å². The van der Waals surface area contributed by atoms with Crippen molar-refractivity contribution in [2.45, 2.75) is 72.3 Å². The average Bonchev–Trinajstić information content (AvgIpc) is 3.42. The molecule has 5 nitrogen and oxygen atoms in total. The quantitative estimate of drug-likeness (QED) is 0.256. The largest absolute Gasteiger partial charge is 0.469 e. The van der Waals surface area contributed by atoms with E-state index in [1.807, 2.05) is 43.3 Å². The van der Waals surface area contributed by atoms with Gasteiger partial charge in [-0.25, -0.2) is 4.79 Å². The van der Waals surface area contributed by atoms with Crippen molar-refractivity contribution in [3.05, 3.63) is 117 Å². The number of hydrogen-bond donors (Lipinski definition) is 1. The number of ether oxygens (including phenoxy) is 2. The number of hydrogen-bond acceptors (Lipinski definition) is 4. The van der Waals surface area contributed by atoms with Gasteiger partial charge in [-0.15, -0.1) is 0 Å². The molecule has 204 valence electrons. The Morgan fingerprint density at radius 3 is 2.18 bits per heavy atom. The van der Waals surface area contributed by atoms with Crippen molar-refractivity contribution >= 4 is 11.9 Å². The summed E-state index contributed by atoms with van der Waals surface area (Å²) in [6.45, 7) is 6.63. The molecule has 39 heavy (non-hydrogen) atoms. The predicted molar refractivity (Wildman–Crippen MR) is 154 cm³/mol. The van der Waals surface area contributed by atoms with E-state index >= 15 is 0 Å². The van der Waals surface area contributed by atoms with Gasteiger partial charge in [0.25, 0.3) is 0 Å². The number of benzene rings is 2. The zero-order valence-electron chi connectivity index (χ0n) is 23.6. The molecule has 0 aliphatic heterocycles. The first-order valence-electron chi connectivity index (χ1n) is 13.8. The Morgan fingerprint density at radius 1 is 0.872 bits per heavy atom. The molecule has 0 bridgehead atoms. The van der Waals surface area contributed by atoms with Gasteiger partial charge in [0.2, 0.25) is 0 Å². The van der Waals surface area contributed by atoms with E-state index < -0.39 is 0 Å². The van der Waals surface area contributed by atoms with Gasteiger partial charge in [0.05, 0.1) is 7.11 Å². The minimum absolute atomic E-state index is 0.239. The van der Waals surface area contributed by atoms with Gasteiger partial charge in [0, 0.05) is 42.6 Å². The lowest BCUT2D eigenvalue weighted by Crippen LogP contribution is -2.08. The van der Waals surface area contributed by atoms with Crippen LogP contribution in [-0.4, -0.2) is 24.0 Å². The zero-order chi connectivity index (χ0) is 27.8. The number of rotatable bonds is 12. The van der Waals surface area contributed by atoms with Gasteiger partial charge >= 0.3 is 11.9 Å². The number of carbonyl (C=O) groups is 2. The highest BCUT2D eigenvalue weighted by Crippen LogP contribution is 2.38. The van der Waals surface area contributed by atoms with Crippen LogP contribution in [0.1, 0.15) is 73.2 Å². The van der Waals surface area contributed by atoms with Crippen LogP contribution in [0.3, 0.4) is 0 Å². The molecule has 0 radical (unpaired) electrons. The van der Waals surface area contributed by atoms with Crippen molar-refractivity contribution in [2.75, 3.05) is 7.11 Å². The van der Waals surface area contributed by atoms with Crippen molar-refractivity contribution in [3.8, 4) is 0 Å². The van der Waals surface area contributed by atoms with Crippen LogP contribution in [0.5, 0.6) is 0 Å². The molecular weight excluding hydrogens is 486 g/mol. The Bertz CT molecular complexity index is 1360. The zero-order valence-corrected chi connectivity index (χ0v) is 23.6. The first kappa shape index (κ1) is 28.2. The molecule has 0 spiro atoms. The summed E-state index contributed by atoms with van der Waals surface area (Å²) in [6.07, 6.45) is 4.98. The first-order valence-corrected chi connectivity index (χ1v) is 13.8. The van der Waals surface area contributed by atoms with Crippen LogP contribution in [0.15, 0.2) is 83.0 Å². The summed E-state index contributed by atoms with van der Waals surface area (Å²) in [5.41, 5.74) is 11.2. The lowest BCUT2D eigenvalue weighted by molar-refractivity contribution is -0.141. The summed E-state index contributed by atoms with van der Waals surface area (Å²) >= 11 is 0. The molecule has 4 rings (SSSR count). The van der Waals surface area contributed by atoms with E-state index in [2.05, 4.69) is 43.1 Å². The number of methoxy groups -OCH3 is 1. The molecule has 1 aromatic heterocycles. The lowest BCUT2D eigenvalue weighted by atomic mass is 9.95. The Labute approximate surface area is 231 Å². The second-order valence-electron chi connectivity index (χ2n) is 10.3. The molecule has 0 amide bonds. The molecule has 1 N–H and O–H groups in total. The van der Waals surface area contributed by atoms with E-state index in [0.717, 1.165) is 36.0 Å². The number of aromatic amines is 1. The van der Waals surface area contributed by atoms with Crippen LogP contribution in [0.25, 0.3) is 0 Å². The maximum absolute atomic E-state index is 13.2. The summed E-state index contributed by atoms with van der Waals surface area (Å²) < 4.78 is 10.6. The fraction of sp³-hybridized carbons (Fsp3) is 0.353. The molecule has 1 aliphatic rings. The second-order valence-corrected chi connectivity index (χ2v) is 10.3. The van der Waals surface area contributed by atoms with Gasteiger partial charge in [0.1, 0.15) is 6.61 Å². The Hall–Kier alpha value is -3.86. The average molecular weight is 526 g/mol. The standard InChI is InChI=1S/C34H39NO4/c1-5-12-29-24(3)31(19-25-13-8-6-9-14-25)35-32(29)21-27-20-30(23(2)28(27)17-18-33(36)38-4)34(37)39-22-26-15-10-7-11-16-26/h6-11,13-16,35H,5,12,17-22H2,1-4H3. The molecule has 2 aromatic carbocycles. The third-order valence-electron chi connectivity index (χ3n) is 7.67. The maximum atomic E-state index is 13.2. The Morgan fingerprint density at radius 2 is 1.54 bits per heavy atom. The SMILES string of the molecule is CCCc1c(CC2=C(CCC(=O)OC)C(C)=C(C(=O)OCc3ccccc3)C2)[nH]c(Cc2ccccc2)c1C. The van der Waals surface area contributed by atoms with Gasteiger partial charge < -0.3 is 14.5 Å². The van der Waals surface area contributed by atoms with Gasteiger partial charge in [-0.05, 0) is 60.1 Å². The molecule has 0 unspecified atom stereocenters. The first-order chi connectivity index (χ1) is 18.9. The molecule has 5 heteroatoms. The minimum atomic E-state index is -0.289. The van der Waals surface area contributed by atoms with Gasteiger partial charge in [-0.3, -0.25) is 4.79 Å². The minimum Gasteiger partial charge on any atom is -0.469 e. The molecule has 1 aliphatic carbocycles. The van der Waals surface area contributed by atoms with Crippen LogP contribution in [-0.2, 0) is 44.9 Å².